The van der Waals surface area contributed by atoms with Crippen molar-refractivity contribution >= 4 is 17.8 Å². The molecule has 2 unspecified atom stereocenters. The molecular formula is C11H18N4O3. The summed E-state index contributed by atoms with van der Waals surface area (Å²) in [6, 6.07) is 0. The number of guanidine groups is 1. The van der Waals surface area contributed by atoms with Crippen LogP contribution in [-0.4, -0.2) is 52.7 Å². The predicted molar refractivity (Wildman–Crippen MR) is 66.4 cm³/mol. The lowest BCUT2D eigenvalue weighted by molar-refractivity contribution is 0.0271. The number of aliphatic hydroxyl groups is 1. The molecule has 2 rings (SSSR count). The molecule has 0 aromatic heterocycles. The van der Waals surface area contributed by atoms with E-state index >= 15 is 0 Å². The average molecular weight is 254 g/mol. The highest BCUT2D eigenvalue weighted by Gasteiger charge is 2.39. The minimum Gasteiger partial charge on any atom is -0.444 e. The number of nitrogens with zero attached hydrogens (tertiary/aromatic N) is 3. The van der Waals surface area contributed by atoms with Gasteiger partial charge in [0.2, 0.25) is 5.96 Å². The van der Waals surface area contributed by atoms with Crippen molar-refractivity contribution in [3.8, 4) is 0 Å². The Morgan fingerprint density at radius 2 is 2.22 bits per heavy atom. The molecule has 1 saturated heterocycles. The second-order valence-corrected chi connectivity index (χ2v) is 5.47. The van der Waals surface area contributed by atoms with E-state index in [-0.39, 0.29) is 11.9 Å². The van der Waals surface area contributed by atoms with Gasteiger partial charge in [0.15, 0.2) is 6.23 Å². The van der Waals surface area contributed by atoms with E-state index in [1.165, 1.54) is 4.90 Å². The number of carbonyl (C=O) groups is 1. The van der Waals surface area contributed by atoms with Gasteiger partial charge in [0.05, 0.1) is 18.2 Å². The van der Waals surface area contributed by atoms with Gasteiger partial charge in [0, 0.05) is 6.54 Å². The first-order valence-electron chi connectivity index (χ1n) is 5.83. The lowest BCUT2D eigenvalue weighted by Crippen LogP contribution is -2.36. The average Bonchev–Trinajstić information content (AvgIpc) is 2.58. The molecule has 0 aliphatic carbocycles. The predicted octanol–water partition coefficient (Wildman–Crippen LogP) is -0.0590. The summed E-state index contributed by atoms with van der Waals surface area (Å²) in [7, 11) is 0. The Hall–Kier alpha value is -1.63. The molecule has 0 bridgehead atoms. The fraction of sp³-hybridized carbons (Fsp3) is 0.727. The molecule has 18 heavy (non-hydrogen) atoms. The van der Waals surface area contributed by atoms with Crippen LogP contribution in [0.25, 0.3) is 0 Å². The van der Waals surface area contributed by atoms with Crippen molar-refractivity contribution in [3.05, 3.63) is 0 Å². The van der Waals surface area contributed by atoms with Gasteiger partial charge in [-0.15, -0.1) is 0 Å². The number of aliphatic hydroxyl groups excluding tert-OH is 1. The van der Waals surface area contributed by atoms with Gasteiger partial charge in [-0.1, -0.05) is 0 Å². The molecule has 1 amide bonds. The summed E-state index contributed by atoms with van der Waals surface area (Å²) in [5.74, 6) is -0.218. The van der Waals surface area contributed by atoms with E-state index in [1.807, 2.05) is 20.8 Å². The molecule has 100 valence electrons. The van der Waals surface area contributed by atoms with Gasteiger partial charge in [-0.05, 0) is 20.8 Å². The molecule has 0 spiro atoms. The highest BCUT2D eigenvalue weighted by molar-refractivity contribution is 6.03. The van der Waals surface area contributed by atoms with Gasteiger partial charge in [-0.25, -0.2) is 14.8 Å². The quantitative estimate of drug-likeness (QED) is 0.632. The molecule has 0 aromatic rings. The van der Waals surface area contributed by atoms with E-state index < -0.39 is 17.9 Å². The van der Waals surface area contributed by atoms with Crippen LogP contribution in [0.3, 0.4) is 0 Å². The zero-order valence-corrected chi connectivity index (χ0v) is 10.8. The van der Waals surface area contributed by atoms with E-state index in [9.17, 15) is 9.90 Å². The first-order valence-corrected chi connectivity index (χ1v) is 5.83. The second-order valence-electron chi connectivity index (χ2n) is 5.47. The molecule has 0 aromatic carbocycles. The number of ether oxygens (including phenoxy) is 1. The minimum atomic E-state index is -0.926. The first-order chi connectivity index (χ1) is 8.26. The molecule has 2 heterocycles. The van der Waals surface area contributed by atoms with E-state index in [2.05, 4.69) is 9.98 Å². The molecule has 7 nitrogen and oxygen atoms in total. The molecule has 2 aliphatic rings. The zero-order chi connectivity index (χ0) is 13.5. The van der Waals surface area contributed by atoms with E-state index in [0.29, 0.717) is 18.8 Å². The Bertz CT molecular complexity index is 424. The number of amides is 1. The van der Waals surface area contributed by atoms with Crippen LogP contribution in [-0.2, 0) is 4.74 Å². The molecule has 2 atom stereocenters. The second kappa shape index (κ2) is 4.24. The zero-order valence-electron chi connectivity index (χ0n) is 10.8. The van der Waals surface area contributed by atoms with Gasteiger partial charge < -0.3 is 20.5 Å². The van der Waals surface area contributed by atoms with Crippen LogP contribution < -0.4 is 5.73 Å². The Morgan fingerprint density at radius 3 is 2.83 bits per heavy atom. The summed E-state index contributed by atoms with van der Waals surface area (Å²) in [4.78, 5) is 21.2. The fourth-order valence-electron chi connectivity index (χ4n) is 1.97. The molecule has 0 radical (unpaired) electrons. The number of nitrogens with two attached hydrogens (primary N) is 1. The number of aliphatic imine (C=N–C) groups is 2. The number of hydrogen-bond acceptors (Lipinski definition) is 6. The molecule has 2 aliphatic heterocycles. The summed E-state index contributed by atoms with van der Waals surface area (Å²) in [5.41, 5.74) is 5.61. The summed E-state index contributed by atoms with van der Waals surface area (Å²) in [6.07, 6.45) is -1.34. The Labute approximate surface area is 105 Å². The lowest BCUT2D eigenvalue weighted by atomic mass is 10.0. The number of likely N-dealkylation sites (tertiary alicyclic amines) is 1. The fourth-order valence-corrected chi connectivity index (χ4v) is 1.97. The van der Waals surface area contributed by atoms with E-state index in [0.717, 1.165) is 0 Å². The molecule has 7 heteroatoms. The minimum absolute atomic E-state index is 0.0554. The summed E-state index contributed by atoms with van der Waals surface area (Å²) in [5, 5.41) is 9.75. The largest absolute Gasteiger partial charge is 0.444 e. The number of rotatable bonds is 0. The van der Waals surface area contributed by atoms with Crippen molar-refractivity contribution in [2.75, 3.05) is 13.1 Å². The lowest BCUT2D eigenvalue weighted by Gasteiger charge is -2.24. The third-order valence-electron chi connectivity index (χ3n) is 2.73. The highest BCUT2D eigenvalue weighted by Crippen LogP contribution is 2.23. The van der Waals surface area contributed by atoms with Crippen LogP contribution in [0.1, 0.15) is 20.8 Å². The maximum absolute atomic E-state index is 11.9. The summed E-state index contributed by atoms with van der Waals surface area (Å²) in [6.45, 7) is 6.10. The molecule has 0 saturated carbocycles. The van der Waals surface area contributed by atoms with Crippen molar-refractivity contribution < 1.29 is 14.6 Å². The highest BCUT2D eigenvalue weighted by atomic mass is 16.6. The Balaban J connectivity index is 2.05. The van der Waals surface area contributed by atoms with Crippen molar-refractivity contribution in [2.24, 2.45) is 21.6 Å². The maximum atomic E-state index is 11.9. The smallest absolute Gasteiger partial charge is 0.410 e. The third-order valence-corrected chi connectivity index (χ3v) is 2.73. The van der Waals surface area contributed by atoms with E-state index in [1.54, 1.807) is 0 Å². The Morgan fingerprint density at radius 1 is 1.56 bits per heavy atom. The Kier molecular flexibility index (Phi) is 3.02. The molecule has 1 fully saturated rings. The van der Waals surface area contributed by atoms with Gasteiger partial charge in [-0.2, -0.15) is 0 Å². The van der Waals surface area contributed by atoms with Crippen LogP contribution in [0.2, 0.25) is 0 Å². The van der Waals surface area contributed by atoms with Crippen LogP contribution in [0.5, 0.6) is 0 Å². The maximum Gasteiger partial charge on any atom is 0.410 e. The van der Waals surface area contributed by atoms with Crippen LogP contribution in [0.4, 0.5) is 4.79 Å². The van der Waals surface area contributed by atoms with Gasteiger partial charge >= 0.3 is 6.09 Å². The summed E-state index contributed by atoms with van der Waals surface area (Å²) >= 11 is 0. The van der Waals surface area contributed by atoms with Crippen LogP contribution >= 0.6 is 0 Å². The number of fused-ring (bicyclic) bond motifs is 1. The van der Waals surface area contributed by atoms with Gasteiger partial charge in [0.25, 0.3) is 0 Å². The normalized spacial score (nSPS) is 27.4. The third kappa shape index (κ3) is 2.61. The van der Waals surface area contributed by atoms with Gasteiger partial charge in [0.1, 0.15) is 5.60 Å². The van der Waals surface area contributed by atoms with Crippen LogP contribution in [0.15, 0.2) is 9.98 Å². The standard InChI is InChI=1S/C11H18N4O3/c1-11(2,3)18-10(17)15-4-6-7(5-15)13-9(12)14-8(6)16/h6,8,16H,4-5H2,1-3H3,(H2,12,14). The number of hydrogen-bond donors (Lipinski definition) is 2. The molecule has 3 N–H and O–H groups in total. The first kappa shape index (κ1) is 12.8. The van der Waals surface area contributed by atoms with Crippen molar-refractivity contribution in [3.63, 3.8) is 0 Å². The van der Waals surface area contributed by atoms with E-state index in [4.69, 9.17) is 10.5 Å². The number of carbonyl (C=O) groups excluding carboxylic acids is 1. The monoisotopic (exact) mass is 254 g/mol. The van der Waals surface area contributed by atoms with Crippen molar-refractivity contribution in [2.45, 2.75) is 32.6 Å². The molecular weight excluding hydrogens is 236 g/mol. The van der Waals surface area contributed by atoms with Crippen molar-refractivity contribution in [1.82, 2.24) is 4.90 Å². The van der Waals surface area contributed by atoms with Gasteiger partial charge in [-0.3, -0.25) is 0 Å². The summed E-state index contributed by atoms with van der Waals surface area (Å²) < 4.78 is 5.27. The topological polar surface area (TPSA) is 101 Å². The van der Waals surface area contributed by atoms with Crippen LogP contribution in [0, 0.1) is 5.92 Å². The van der Waals surface area contributed by atoms with Crippen molar-refractivity contribution in [1.29, 1.82) is 0 Å². The SMILES string of the molecule is CC(C)(C)OC(=O)N1CC2=NC(N)=NC(O)C2C1.